The number of carbonyl (C=O) groups excluding carboxylic acids is 1. The van der Waals surface area contributed by atoms with Crippen LogP contribution >= 0.6 is 0 Å². The Morgan fingerprint density at radius 1 is 1.62 bits per heavy atom. The summed E-state index contributed by atoms with van der Waals surface area (Å²) in [6, 6.07) is -0.155. The van der Waals surface area contributed by atoms with Gasteiger partial charge in [0.15, 0.2) is 0 Å². The van der Waals surface area contributed by atoms with Crippen molar-refractivity contribution in [2.75, 3.05) is 13.1 Å². The van der Waals surface area contributed by atoms with Crippen molar-refractivity contribution in [3.63, 3.8) is 0 Å². The maximum absolute atomic E-state index is 11.8. The van der Waals surface area contributed by atoms with Gasteiger partial charge in [-0.05, 0) is 33.3 Å². The molecule has 0 saturated heterocycles. The number of rotatable bonds is 0. The van der Waals surface area contributed by atoms with E-state index in [9.17, 15) is 9.90 Å². The molecule has 0 aromatic carbocycles. The minimum absolute atomic E-state index is 0.155. The maximum Gasteiger partial charge on any atom is 0.410 e. The van der Waals surface area contributed by atoms with Crippen LogP contribution in [0.15, 0.2) is 11.8 Å². The van der Waals surface area contributed by atoms with Crippen LogP contribution in [0.3, 0.4) is 0 Å². The molecule has 0 unspecified atom stereocenters. The lowest BCUT2D eigenvalue weighted by Crippen LogP contribution is -2.43. The molecule has 16 heavy (non-hydrogen) atoms. The van der Waals surface area contributed by atoms with Gasteiger partial charge in [-0.3, -0.25) is 4.90 Å². The van der Waals surface area contributed by atoms with Gasteiger partial charge in [-0.2, -0.15) is 0 Å². The van der Waals surface area contributed by atoms with Crippen molar-refractivity contribution in [3.05, 3.63) is 11.8 Å². The van der Waals surface area contributed by atoms with Crippen LogP contribution in [-0.4, -0.2) is 40.8 Å². The molecule has 5 heteroatoms. The molecule has 0 spiro atoms. The third kappa shape index (κ3) is 4.10. The van der Waals surface area contributed by atoms with Crippen LogP contribution < -0.4 is 5.73 Å². The highest BCUT2D eigenvalue weighted by Crippen LogP contribution is 2.13. The number of aliphatic hydroxyl groups is 1. The van der Waals surface area contributed by atoms with Gasteiger partial charge in [0.2, 0.25) is 0 Å². The molecule has 5 nitrogen and oxygen atoms in total. The molecule has 1 heterocycles. The van der Waals surface area contributed by atoms with Crippen molar-refractivity contribution in [3.8, 4) is 0 Å². The Morgan fingerprint density at radius 3 is 2.81 bits per heavy atom. The van der Waals surface area contributed by atoms with Gasteiger partial charge in [0.25, 0.3) is 0 Å². The smallest absolute Gasteiger partial charge is 0.410 e. The van der Waals surface area contributed by atoms with Gasteiger partial charge in [0, 0.05) is 12.6 Å². The summed E-state index contributed by atoms with van der Waals surface area (Å²) in [7, 11) is 0. The minimum atomic E-state index is -0.535. The van der Waals surface area contributed by atoms with Crippen LogP contribution in [0.2, 0.25) is 0 Å². The fourth-order valence-electron chi connectivity index (χ4n) is 1.44. The van der Waals surface area contributed by atoms with E-state index in [2.05, 4.69) is 0 Å². The van der Waals surface area contributed by atoms with Crippen LogP contribution in [0.1, 0.15) is 27.2 Å². The van der Waals surface area contributed by atoms with E-state index in [0.29, 0.717) is 13.0 Å². The quantitative estimate of drug-likeness (QED) is 0.657. The predicted octanol–water partition coefficient (Wildman–Crippen LogP) is 1.40. The second-order valence-corrected chi connectivity index (χ2v) is 5.05. The number of nitrogens with two attached hydrogens (primary N) is 1. The van der Waals surface area contributed by atoms with Crippen LogP contribution in [-0.2, 0) is 4.74 Å². The summed E-state index contributed by atoms with van der Waals surface area (Å²) < 4.78 is 5.22. The van der Waals surface area contributed by atoms with Crippen molar-refractivity contribution in [1.82, 2.24) is 4.90 Å². The molecule has 92 valence electrons. The predicted molar refractivity (Wildman–Crippen MR) is 61.1 cm³/mol. The fourth-order valence-corrected chi connectivity index (χ4v) is 1.44. The molecule has 0 aromatic rings. The minimum Gasteiger partial charge on any atom is -0.511 e. The largest absolute Gasteiger partial charge is 0.511 e. The Balaban J connectivity index is 2.65. The van der Waals surface area contributed by atoms with Gasteiger partial charge in [-0.1, -0.05) is 0 Å². The second kappa shape index (κ2) is 4.74. The first-order valence-corrected chi connectivity index (χ1v) is 5.39. The molecule has 1 aliphatic heterocycles. The molecule has 1 atom stereocenters. The van der Waals surface area contributed by atoms with Crippen molar-refractivity contribution in [2.45, 2.75) is 38.8 Å². The third-order valence-corrected chi connectivity index (χ3v) is 2.12. The number of ether oxygens (including phenoxy) is 1. The standard InChI is InChI=1S/C11H20N2O3/c1-11(2,3)16-10(15)13-6-8(12)4-5-9(14)7-13/h5,8,14H,4,6-7,12H2,1-3H3/t8-/m1/s1. The number of amides is 1. The van der Waals surface area contributed by atoms with E-state index in [1.807, 2.05) is 0 Å². The average molecular weight is 228 g/mol. The van der Waals surface area contributed by atoms with Crippen molar-refractivity contribution >= 4 is 6.09 Å². The second-order valence-electron chi connectivity index (χ2n) is 5.05. The number of hydrogen-bond acceptors (Lipinski definition) is 4. The number of aliphatic hydroxyl groups excluding tert-OH is 1. The normalized spacial score (nSPS) is 22.4. The number of hydrogen-bond donors (Lipinski definition) is 2. The van der Waals surface area contributed by atoms with Crippen LogP contribution in [0, 0.1) is 0 Å². The van der Waals surface area contributed by atoms with Crippen molar-refractivity contribution < 1.29 is 14.6 Å². The first-order valence-electron chi connectivity index (χ1n) is 5.39. The summed E-state index contributed by atoms with van der Waals surface area (Å²) in [5, 5.41) is 9.48. The molecule has 0 aliphatic carbocycles. The zero-order valence-electron chi connectivity index (χ0n) is 10.1. The van der Waals surface area contributed by atoms with E-state index in [0.717, 1.165) is 0 Å². The Hall–Kier alpha value is -1.23. The Bertz CT molecular complexity index is 294. The molecule has 3 N–H and O–H groups in total. The monoisotopic (exact) mass is 228 g/mol. The molecular weight excluding hydrogens is 208 g/mol. The molecule has 1 rings (SSSR count). The lowest BCUT2D eigenvalue weighted by atomic mass is 10.2. The molecule has 1 aliphatic rings. The summed E-state index contributed by atoms with van der Waals surface area (Å²) in [6.45, 7) is 5.98. The Kier molecular flexibility index (Phi) is 3.80. The van der Waals surface area contributed by atoms with Gasteiger partial charge in [0.05, 0.1) is 6.54 Å². The summed E-state index contributed by atoms with van der Waals surface area (Å²) in [6.07, 6.45) is 1.78. The van der Waals surface area contributed by atoms with Gasteiger partial charge in [-0.15, -0.1) is 0 Å². The van der Waals surface area contributed by atoms with E-state index >= 15 is 0 Å². The number of carbonyl (C=O) groups is 1. The highest BCUT2D eigenvalue weighted by molar-refractivity contribution is 5.68. The zero-order chi connectivity index (χ0) is 12.3. The van der Waals surface area contributed by atoms with Crippen LogP contribution in [0.25, 0.3) is 0 Å². The molecule has 1 amide bonds. The number of nitrogens with zero attached hydrogens (tertiary/aromatic N) is 1. The van der Waals surface area contributed by atoms with Crippen molar-refractivity contribution in [1.29, 1.82) is 0 Å². The van der Waals surface area contributed by atoms with E-state index in [1.165, 1.54) is 4.90 Å². The molecule has 0 radical (unpaired) electrons. The van der Waals surface area contributed by atoms with E-state index in [1.54, 1.807) is 26.8 Å². The molecule has 0 saturated carbocycles. The van der Waals surface area contributed by atoms with Gasteiger partial charge < -0.3 is 15.6 Å². The van der Waals surface area contributed by atoms with Gasteiger partial charge in [-0.25, -0.2) is 4.79 Å². The first-order chi connectivity index (χ1) is 7.28. The SMILES string of the molecule is CC(C)(C)OC(=O)N1CC(O)=CC[C@@H](N)C1. The van der Waals surface area contributed by atoms with Gasteiger partial charge in [0.1, 0.15) is 11.4 Å². The summed E-state index contributed by atoms with van der Waals surface area (Å²) in [5.41, 5.74) is 5.25. The third-order valence-electron chi connectivity index (χ3n) is 2.12. The van der Waals surface area contributed by atoms with E-state index < -0.39 is 11.7 Å². The molecule has 0 bridgehead atoms. The van der Waals surface area contributed by atoms with Crippen molar-refractivity contribution in [2.24, 2.45) is 5.73 Å². The zero-order valence-corrected chi connectivity index (χ0v) is 10.1. The lowest BCUT2D eigenvalue weighted by molar-refractivity contribution is 0.0245. The Morgan fingerprint density at radius 2 is 2.25 bits per heavy atom. The highest BCUT2D eigenvalue weighted by Gasteiger charge is 2.25. The first kappa shape index (κ1) is 12.8. The highest BCUT2D eigenvalue weighted by atomic mass is 16.6. The lowest BCUT2D eigenvalue weighted by Gasteiger charge is -2.27. The maximum atomic E-state index is 11.8. The fraction of sp³-hybridized carbons (Fsp3) is 0.727. The van der Waals surface area contributed by atoms with Crippen LogP contribution in [0.5, 0.6) is 0 Å². The average Bonchev–Trinajstić information content (AvgIpc) is 2.25. The molecular formula is C11H20N2O3. The van der Waals surface area contributed by atoms with E-state index in [4.69, 9.17) is 10.5 Å². The van der Waals surface area contributed by atoms with E-state index in [-0.39, 0.29) is 18.3 Å². The summed E-state index contributed by atoms with van der Waals surface area (Å²) >= 11 is 0. The summed E-state index contributed by atoms with van der Waals surface area (Å²) in [5.74, 6) is 0.166. The molecule has 0 fully saturated rings. The summed E-state index contributed by atoms with van der Waals surface area (Å²) in [4.78, 5) is 13.2. The van der Waals surface area contributed by atoms with Crippen LogP contribution in [0.4, 0.5) is 4.79 Å². The molecule has 0 aromatic heterocycles. The van der Waals surface area contributed by atoms with Gasteiger partial charge >= 0.3 is 6.09 Å². The Labute approximate surface area is 95.9 Å². The topological polar surface area (TPSA) is 75.8 Å².